The summed E-state index contributed by atoms with van der Waals surface area (Å²) in [5.74, 6) is -0.887. The maximum absolute atomic E-state index is 13.3. The molecule has 2 aromatic carbocycles. The van der Waals surface area contributed by atoms with Crippen molar-refractivity contribution < 1.29 is 14.4 Å². The second-order valence-corrected chi connectivity index (χ2v) is 7.22. The number of hydrogen-bond acceptors (Lipinski definition) is 4. The lowest BCUT2D eigenvalue weighted by molar-refractivity contribution is -0.126. The van der Waals surface area contributed by atoms with E-state index >= 15 is 0 Å². The van der Waals surface area contributed by atoms with Crippen molar-refractivity contribution >= 4 is 23.2 Å². The highest BCUT2D eigenvalue weighted by molar-refractivity contribution is 6.24. The third-order valence-electron chi connectivity index (χ3n) is 5.46. The summed E-state index contributed by atoms with van der Waals surface area (Å²) in [5.41, 5.74) is 2.45. The van der Waals surface area contributed by atoms with Crippen LogP contribution in [0.2, 0.25) is 0 Å². The number of carbonyl (C=O) groups is 2. The lowest BCUT2D eigenvalue weighted by Gasteiger charge is -2.28. The molecule has 5 nitrogen and oxygen atoms in total. The lowest BCUT2D eigenvalue weighted by Crippen LogP contribution is -2.40. The molecule has 0 spiro atoms. The monoisotopic (exact) mass is 364 g/mol. The number of nitrogens with zero attached hydrogens (tertiary/aromatic N) is 2. The van der Waals surface area contributed by atoms with E-state index in [1.807, 2.05) is 61.5 Å². The molecule has 0 saturated carbocycles. The average molecular weight is 364 g/mol. The summed E-state index contributed by atoms with van der Waals surface area (Å²) in [5, 5.41) is 1.79. The Labute approximate surface area is 159 Å². The van der Waals surface area contributed by atoms with E-state index < -0.39 is 12.0 Å². The standard InChI is InChI=1S/C22H24N2O3/c1-3-4-13-18-19-20(27-24(18)16-11-6-5-7-12-16)22(26)23(21(19)25)17-14-9-8-10-15(17)2/h5-12,14,18-20H,3-4,13H2,1-2H3. The minimum Gasteiger partial charge on any atom is -0.273 e. The fourth-order valence-electron chi connectivity index (χ4n) is 4.08. The molecule has 2 aromatic rings. The predicted octanol–water partition coefficient (Wildman–Crippen LogP) is 3.86. The molecule has 0 bridgehead atoms. The minimum absolute atomic E-state index is 0.136. The lowest BCUT2D eigenvalue weighted by atomic mass is 9.92. The third kappa shape index (κ3) is 2.92. The maximum Gasteiger partial charge on any atom is 0.266 e. The van der Waals surface area contributed by atoms with Gasteiger partial charge in [0.25, 0.3) is 5.91 Å². The van der Waals surface area contributed by atoms with Crippen LogP contribution in [0, 0.1) is 12.8 Å². The molecule has 2 amide bonds. The second-order valence-electron chi connectivity index (χ2n) is 7.22. The summed E-state index contributed by atoms with van der Waals surface area (Å²) >= 11 is 0. The molecule has 2 fully saturated rings. The van der Waals surface area contributed by atoms with E-state index in [9.17, 15) is 9.59 Å². The van der Waals surface area contributed by atoms with Gasteiger partial charge in [-0.3, -0.25) is 14.4 Å². The SMILES string of the molecule is CCCCC1C2C(=O)N(c3ccccc3C)C(=O)C2ON1c1ccccc1. The van der Waals surface area contributed by atoms with Gasteiger partial charge in [0, 0.05) is 0 Å². The first-order chi connectivity index (χ1) is 13.1. The van der Waals surface area contributed by atoms with Crippen molar-refractivity contribution in [1.29, 1.82) is 0 Å². The Bertz CT molecular complexity index is 852. The molecule has 2 saturated heterocycles. The number of fused-ring (bicyclic) bond motifs is 1. The van der Waals surface area contributed by atoms with E-state index in [1.54, 1.807) is 5.06 Å². The molecule has 4 rings (SSSR count). The van der Waals surface area contributed by atoms with Gasteiger partial charge in [0.15, 0.2) is 6.10 Å². The van der Waals surface area contributed by atoms with Crippen LogP contribution >= 0.6 is 0 Å². The molecule has 140 valence electrons. The molecule has 27 heavy (non-hydrogen) atoms. The third-order valence-corrected chi connectivity index (χ3v) is 5.46. The van der Waals surface area contributed by atoms with Gasteiger partial charge in [-0.25, -0.2) is 9.96 Å². The molecule has 0 radical (unpaired) electrons. The van der Waals surface area contributed by atoms with Crippen LogP contribution in [-0.2, 0) is 14.4 Å². The number of hydroxylamine groups is 1. The Hall–Kier alpha value is -2.66. The van der Waals surface area contributed by atoms with E-state index in [2.05, 4.69) is 6.92 Å². The fourth-order valence-corrected chi connectivity index (χ4v) is 4.08. The number of para-hydroxylation sites is 2. The van der Waals surface area contributed by atoms with Crippen molar-refractivity contribution in [2.24, 2.45) is 5.92 Å². The number of benzene rings is 2. The van der Waals surface area contributed by atoms with Gasteiger partial charge in [0.1, 0.15) is 0 Å². The normalized spacial score (nSPS) is 24.6. The molecule has 0 aliphatic carbocycles. The van der Waals surface area contributed by atoms with Gasteiger partial charge in [-0.2, -0.15) is 0 Å². The number of amides is 2. The first-order valence-electron chi connectivity index (χ1n) is 9.58. The van der Waals surface area contributed by atoms with Crippen LogP contribution in [0.1, 0.15) is 31.7 Å². The summed E-state index contributed by atoms with van der Waals surface area (Å²) in [6.07, 6.45) is 2.07. The summed E-state index contributed by atoms with van der Waals surface area (Å²) in [4.78, 5) is 33.8. The van der Waals surface area contributed by atoms with Crippen molar-refractivity contribution in [1.82, 2.24) is 0 Å². The Morgan fingerprint density at radius 3 is 2.37 bits per heavy atom. The molecular weight excluding hydrogens is 340 g/mol. The van der Waals surface area contributed by atoms with Gasteiger partial charge in [0.2, 0.25) is 5.91 Å². The smallest absolute Gasteiger partial charge is 0.266 e. The first kappa shape index (κ1) is 17.7. The number of hydrogen-bond donors (Lipinski definition) is 0. The van der Waals surface area contributed by atoms with Gasteiger partial charge in [-0.1, -0.05) is 56.2 Å². The number of carbonyl (C=O) groups excluding carboxylic acids is 2. The minimum atomic E-state index is -0.751. The van der Waals surface area contributed by atoms with E-state index in [-0.39, 0.29) is 17.9 Å². The molecule has 0 aromatic heterocycles. The van der Waals surface area contributed by atoms with Crippen molar-refractivity contribution in [2.75, 3.05) is 9.96 Å². The zero-order valence-corrected chi connectivity index (χ0v) is 15.7. The van der Waals surface area contributed by atoms with Crippen LogP contribution in [0.25, 0.3) is 0 Å². The Balaban J connectivity index is 1.69. The quantitative estimate of drug-likeness (QED) is 0.756. The van der Waals surface area contributed by atoms with Crippen molar-refractivity contribution in [2.45, 2.75) is 45.3 Å². The van der Waals surface area contributed by atoms with E-state index in [0.29, 0.717) is 5.69 Å². The molecule has 2 aliphatic heterocycles. The highest BCUT2D eigenvalue weighted by Gasteiger charge is 2.59. The average Bonchev–Trinajstić information content (AvgIpc) is 3.18. The highest BCUT2D eigenvalue weighted by Crippen LogP contribution is 2.42. The summed E-state index contributed by atoms with van der Waals surface area (Å²) < 4.78 is 0. The number of aryl methyl sites for hydroxylation is 1. The zero-order chi connectivity index (χ0) is 19.0. The number of imide groups is 1. The largest absolute Gasteiger partial charge is 0.273 e. The van der Waals surface area contributed by atoms with Crippen LogP contribution in [0.3, 0.4) is 0 Å². The number of rotatable bonds is 5. The van der Waals surface area contributed by atoms with Crippen LogP contribution in [0.15, 0.2) is 54.6 Å². The van der Waals surface area contributed by atoms with E-state index in [4.69, 9.17) is 4.84 Å². The van der Waals surface area contributed by atoms with Crippen molar-refractivity contribution in [3.63, 3.8) is 0 Å². The molecule has 0 N–H and O–H groups in total. The van der Waals surface area contributed by atoms with Crippen molar-refractivity contribution in [3.05, 3.63) is 60.2 Å². The molecule has 5 heteroatoms. The zero-order valence-electron chi connectivity index (χ0n) is 15.7. The number of anilines is 2. The summed E-state index contributed by atoms with van der Waals surface area (Å²) in [6.45, 7) is 4.04. The van der Waals surface area contributed by atoms with Crippen molar-refractivity contribution in [3.8, 4) is 0 Å². The topological polar surface area (TPSA) is 49.9 Å². The van der Waals surface area contributed by atoms with Gasteiger partial charge in [-0.15, -0.1) is 0 Å². The fraction of sp³-hybridized carbons (Fsp3) is 0.364. The van der Waals surface area contributed by atoms with Gasteiger partial charge in [0.05, 0.1) is 23.3 Å². The highest BCUT2D eigenvalue weighted by atomic mass is 16.7. The summed E-state index contributed by atoms with van der Waals surface area (Å²) in [7, 11) is 0. The first-order valence-corrected chi connectivity index (χ1v) is 9.58. The van der Waals surface area contributed by atoms with Crippen LogP contribution in [0.4, 0.5) is 11.4 Å². The summed E-state index contributed by atoms with van der Waals surface area (Å²) in [6, 6.07) is 17.1. The second kappa shape index (κ2) is 7.16. The van der Waals surface area contributed by atoms with Crippen LogP contribution < -0.4 is 9.96 Å². The van der Waals surface area contributed by atoms with Gasteiger partial charge < -0.3 is 0 Å². The Kier molecular flexibility index (Phi) is 4.70. The van der Waals surface area contributed by atoms with Gasteiger partial charge >= 0.3 is 0 Å². The molecule has 2 heterocycles. The van der Waals surface area contributed by atoms with Crippen LogP contribution in [-0.4, -0.2) is 24.0 Å². The number of unbranched alkanes of at least 4 members (excludes halogenated alkanes) is 1. The van der Waals surface area contributed by atoms with E-state index in [0.717, 1.165) is 30.5 Å². The molecular formula is C22H24N2O3. The Morgan fingerprint density at radius 2 is 1.67 bits per heavy atom. The van der Waals surface area contributed by atoms with Gasteiger partial charge in [-0.05, 0) is 37.1 Å². The maximum atomic E-state index is 13.3. The molecule has 3 unspecified atom stereocenters. The van der Waals surface area contributed by atoms with Crippen LogP contribution in [0.5, 0.6) is 0 Å². The molecule has 2 aliphatic rings. The Morgan fingerprint density at radius 1 is 0.963 bits per heavy atom. The van der Waals surface area contributed by atoms with E-state index in [1.165, 1.54) is 4.90 Å². The molecule has 3 atom stereocenters. The predicted molar refractivity (Wildman–Crippen MR) is 104 cm³/mol.